The summed E-state index contributed by atoms with van der Waals surface area (Å²) < 4.78 is 24.3. The van der Waals surface area contributed by atoms with Gasteiger partial charge < -0.3 is 10.6 Å². The summed E-state index contributed by atoms with van der Waals surface area (Å²) in [5.74, 6) is -0.216. The monoisotopic (exact) mass is 396 g/mol. The molecule has 0 heterocycles. The van der Waals surface area contributed by atoms with Crippen molar-refractivity contribution in [1.29, 1.82) is 0 Å². The summed E-state index contributed by atoms with van der Waals surface area (Å²) in [6.45, 7) is 1.76. The first-order valence-electron chi connectivity index (χ1n) is 6.86. The molecule has 2 rings (SSSR count). The van der Waals surface area contributed by atoms with Crippen molar-refractivity contribution in [3.8, 4) is 0 Å². The van der Waals surface area contributed by atoms with Crippen LogP contribution in [0.5, 0.6) is 0 Å². The number of carbonyl (C=O) groups excluding carboxylic acids is 1. The summed E-state index contributed by atoms with van der Waals surface area (Å²) in [4.78, 5) is 12.2. The zero-order valence-electron chi connectivity index (χ0n) is 12.8. The van der Waals surface area contributed by atoms with Gasteiger partial charge in [0, 0.05) is 22.1 Å². The Bertz CT molecular complexity index is 835. The van der Waals surface area contributed by atoms with Crippen LogP contribution in [0.2, 0.25) is 0 Å². The van der Waals surface area contributed by atoms with Gasteiger partial charge in [0.25, 0.3) is 0 Å². The van der Waals surface area contributed by atoms with Crippen LogP contribution in [-0.4, -0.2) is 27.1 Å². The van der Waals surface area contributed by atoms with Gasteiger partial charge in [0.15, 0.2) is 9.84 Å². The topological polar surface area (TPSA) is 75.3 Å². The van der Waals surface area contributed by atoms with E-state index < -0.39 is 9.84 Å². The molecule has 0 saturated heterocycles. The van der Waals surface area contributed by atoms with Crippen molar-refractivity contribution in [1.82, 2.24) is 0 Å². The molecule has 0 aromatic heterocycles. The van der Waals surface area contributed by atoms with Crippen molar-refractivity contribution >= 4 is 43.0 Å². The second kappa shape index (κ2) is 7.14. The van der Waals surface area contributed by atoms with Crippen LogP contribution in [-0.2, 0) is 14.6 Å². The van der Waals surface area contributed by atoms with Gasteiger partial charge in [-0.15, -0.1) is 0 Å². The number of halogens is 1. The number of anilines is 2. The van der Waals surface area contributed by atoms with Crippen molar-refractivity contribution in [3.05, 3.63) is 52.5 Å². The van der Waals surface area contributed by atoms with Crippen molar-refractivity contribution in [2.24, 2.45) is 0 Å². The lowest BCUT2D eigenvalue weighted by molar-refractivity contribution is -0.114. The SMILES string of the molecule is Cc1c(NCC(=O)Nc2cccc(Br)c2)cccc1S(C)(=O)=O. The maximum Gasteiger partial charge on any atom is 0.243 e. The highest BCUT2D eigenvalue weighted by Crippen LogP contribution is 2.22. The molecule has 0 spiro atoms. The predicted molar refractivity (Wildman–Crippen MR) is 95.6 cm³/mol. The van der Waals surface area contributed by atoms with E-state index in [0.717, 1.165) is 4.47 Å². The predicted octanol–water partition coefficient (Wildman–Crippen LogP) is 3.21. The number of hydrogen-bond donors (Lipinski definition) is 2. The summed E-state index contributed by atoms with van der Waals surface area (Å²) in [6.07, 6.45) is 1.17. The second-order valence-electron chi connectivity index (χ2n) is 5.11. The van der Waals surface area contributed by atoms with Crippen molar-refractivity contribution in [2.45, 2.75) is 11.8 Å². The molecular formula is C16H17BrN2O3S. The van der Waals surface area contributed by atoms with Crippen LogP contribution in [0.3, 0.4) is 0 Å². The number of hydrogen-bond acceptors (Lipinski definition) is 4. The second-order valence-corrected chi connectivity index (χ2v) is 8.01. The smallest absolute Gasteiger partial charge is 0.243 e. The van der Waals surface area contributed by atoms with Gasteiger partial charge in [-0.05, 0) is 42.8 Å². The Morgan fingerprint density at radius 2 is 1.87 bits per heavy atom. The van der Waals surface area contributed by atoms with E-state index in [1.54, 1.807) is 37.3 Å². The zero-order valence-corrected chi connectivity index (χ0v) is 15.2. The highest BCUT2D eigenvalue weighted by molar-refractivity contribution is 9.10. The maximum atomic E-state index is 12.0. The Kier molecular flexibility index (Phi) is 5.43. The standard InChI is InChI=1S/C16H17BrN2O3S/c1-11-14(7-4-8-15(11)23(2,21)22)18-10-16(20)19-13-6-3-5-12(17)9-13/h3-9,18H,10H2,1-2H3,(H,19,20). The first-order valence-corrected chi connectivity index (χ1v) is 9.55. The molecule has 0 radical (unpaired) electrons. The van der Waals surface area contributed by atoms with E-state index in [9.17, 15) is 13.2 Å². The van der Waals surface area contributed by atoms with E-state index in [2.05, 4.69) is 26.6 Å². The molecule has 0 aliphatic heterocycles. The molecule has 2 aromatic carbocycles. The number of nitrogens with one attached hydrogen (secondary N) is 2. The molecular weight excluding hydrogens is 380 g/mol. The van der Waals surface area contributed by atoms with Gasteiger partial charge in [0.2, 0.25) is 5.91 Å². The van der Waals surface area contributed by atoms with Gasteiger partial charge in [-0.3, -0.25) is 4.79 Å². The highest BCUT2D eigenvalue weighted by atomic mass is 79.9. The number of amides is 1. The van der Waals surface area contributed by atoms with E-state index in [4.69, 9.17) is 0 Å². The Morgan fingerprint density at radius 3 is 2.52 bits per heavy atom. The Hall–Kier alpha value is -1.86. The largest absolute Gasteiger partial charge is 0.376 e. The minimum Gasteiger partial charge on any atom is -0.376 e. The van der Waals surface area contributed by atoms with Crippen LogP contribution in [0.25, 0.3) is 0 Å². The number of rotatable bonds is 5. The minimum atomic E-state index is -3.29. The van der Waals surface area contributed by atoms with E-state index in [1.807, 2.05) is 12.1 Å². The van der Waals surface area contributed by atoms with Crippen LogP contribution in [0, 0.1) is 6.92 Å². The third kappa shape index (κ3) is 4.80. The van der Waals surface area contributed by atoms with E-state index in [1.165, 1.54) is 6.26 Å². The fraction of sp³-hybridized carbons (Fsp3) is 0.188. The molecule has 0 aliphatic rings. The van der Waals surface area contributed by atoms with Crippen molar-refractivity contribution < 1.29 is 13.2 Å². The Labute approximate surface area is 144 Å². The molecule has 0 bridgehead atoms. The van der Waals surface area contributed by atoms with Gasteiger partial charge >= 0.3 is 0 Å². The van der Waals surface area contributed by atoms with Crippen molar-refractivity contribution in [2.75, 3.05) is 23.4 Å². The maximum absolute atomic E-state index is 12.0. The third-order valence-corrected chi connectivity index (χ3v) is 4.97. The summed E-state index contributed by atoms with van der Waals surface area (Å²) in [6, 6.07) is 12.2. The van der Waals surface area contributed by atoms with Gasteiger partial charge in [-0.1, -0.05) is 28.1 Å². The van der Waals surface area contributed by atoms with Crippen LogP contribution in [0.15, 0.2) is 51.8 Å². The third-order valence-electron chi connectivity index (χ3n) is 3.23. The molecule has 0 unspecified atom stereocenters. The van der Waals surface area contributed by atoms with Crippen LogP contribution < -0.4 is 10.6 Å². The van der Waals surface area contributed by atoms with Gasteiger partial charge in [-0.2, -0.15) is 0 Å². The lowest BCUT2D eigenvalue weighted by atomic mass is 10.2. The molecule has 0 atom stereocenters. The van der Waals surface area contributed by atoms with E-state index in [-0.39, 0.29) is 17.3 Å². The lowest BCUT2D eigenvalue weighted by Crippen LogP contribution is -2.22. The zero-order chi connectivity index (χ0) is 17.0. The molecule has 7 heteroatoms. The Balaban J connectivity index is 2.05. The first kappa shape index (κ1) is 17.5. The highest BCUT2D eigenvalue weighted by Gasteiger charge is 2.13. The fourth-order valence-corrected chi connectivity index (χ4v) is 3.55. The van der Waals surface area contributed by atoms with Gasteiger partial charge in [0.1, 0.15) is 0 Å². The summed E-state index contributed by atoms with van der Waals surface area (Å²) in [5.41, 5.74) is 1.91. The molecule has 122 valence electrons. The molecule has 1 amide bonds. The fourth-order valence-electron chi connectivity index (χ4n) is 2.15. The average Bonchev–Trinajstić information content (AvgIpc) is 2.45. The quantitative estimate of drug-likeness (QED) is 0.813. The van der Waals surface area contributed by atoms with Gasteiger partial charge in [-0.25, -0.2) is 8.42 Å². The van der Waals surface area contributed by atoms with Gasteiger partial charge in [0.05, 0.1) is 11.4 Å². The number of carbonyl (C=O) groups is 1. The molecule has 0 saturated carbocycles. The molecule has 5 nitrogen and oxygen atoms in total. The normalized spacial score (nSPS) is 11.1. The van der Waals surface area contributed by atoms with E-state index >= 15 is 0 Å². The average molecular weight is 397 g/mol. The summed E-state index contributed by atoms with van der Waals surface area (Å²) in [7, 11) is -3.29. The molecule has 23 heavy (non-hydrogen) atoms. The summed E-state index contributed by atoms with van der Waals surface area (Å²) >= 11 is 3.34. The van der Waals surface area contributed by atoms with Crippen LogP contribution in [0.1, 0.15) is 5.56 Å². The van der Waals surface area contributed by atoms with E-state index in [0.29, 0.717) is 16.9 Å². The first-order chi connectivity index (χ1) is 10.8. The number of sulfone groups is 1. The summed E-state index contributed by atoms with van der Waals surface area (Å²) in [5, 5.41) is 5.74. The lowest BCUT2D eigenvalue weighted by Gasteiger charge is -2.12. The Morgan fingerprint density at radius 1 is 1.17 bits per heavy atom. The molecule has 0 fully saturated rings. The molecule has 2 aromatic rings. The number of benzene rings is 2. The van der Waals surface area contributed by atoms with Crippen molar-refractivity contribution in [3.63, 3.8) is 0 Å². The van der Waals surface area contributed by atoms with Crippen LogP contribution >= 0.6 is 15.9 Å². The minimum absolute atomic E-state index is 0.0422. The van der Waals surface area contributed by atoms with Crippen LogP contribution in [0.4, 0.5) is 11.4 Å². The molecule has 0 aliphatic carbocycles. The molecule has 2 N–H and O–H groups in total.